The lowest BCUT2D eigenvalue weighted by molar-refractivity contribution is -0.102. The first-order valence-corrected chi connectivity index (χ1v) is 9.11. The van der Waals surface area contributed by atoms with Crippen LogP contribution in [0.15, 0.2) is 22.7 Å². The predicted octanol–water partition coefficient (Wildman–Crippen LogP) is 4.84. The Balaban J connectivity index is 1.73. The molecule has 0 bridgehead atoms. The maximum Gasteiger partial charge on any atom is 0.120 e. The third kappa shape index (κ3) is 2.87. The van der Waals surface area contributed by atoms with E-state index >= 15 is 0 Å². The number of hydrogen-bond acceptors (Lipinski definition) is 2. The second-order valence-corrected chi connectivity index (χ2v) is 7.51. The second-order valence-electron chi connectivity index (χ2n) is 6.66. The number of benzene rings is 1. The van der Waals surface area contributed by atoms with E-state index in [2.05, 4.69) is 53.3 Å². The highest BCUT2D eigenvalue weighted by Crippen LogP contribution is 2.53. The molecule has 2 unspecified atom stereocenters. The van der Waals surface area contributed by atoms with Gasteiger partial charge in [0.15, 0.2) is 0 Å². The van der Waals surface area contributed by atoms with Crippen LogP contribution in [0.25, 0.3) is 0 Å². The average Bonchev–Trinajstić information content (AvgIpc) is 2.50. The summed E-state index contributed by atoms with van der Waals surface area (Å²) in [7, 11) is 0. The second kappa shape index (κ2) is 6.29. The molecule has 1 aromatic carbocycles. The zero-order chi connectivity index (χ0) is 14.9. The Morgan fingerprint density at radius 2 is 2.05 bits per heavy atom. The molecule has 1 N–H and O–H groups in total. The first-order valence-electron chi connectivity index (χ1n) is 8.32. The lowest BCUT2D eigenvalue weighted by Crippen LogP contribution is -2.65. The summed E-state index contributed by atoms with van der Waals surface area (Å²) >= 11 is 3.56. The standard InChI is InChI=1S/C18H26BrNO/c1-3-20-16-12-17(18(16)9-5-4-6-10-18)21-14-7-8-15(19)13(2)11-14/h7-8,11,16-17,20H,3-6,9-10,12H2,1-2H3. The van der Waals surface area contributed by atoms with Crippen LogP contribution in [0.2, 0.25) is 0 Å². The minimum absolute atomic E-state index is 0.384. The molecular weight excluding hydrogens is 326 g/mol. The van der Waals surface area contributed by atoms with Crippen LogP contribution in [-0.2, 0) is 0 Å². The van der Waals surface area contributed by atoms with Crippen LogP contribution in [0.4, 0.5) is 0 Å². The fraction of sp³-hybridized carbons (Fsp3) is 0.667. The van der Waals surface area contributed by atoms with Gasteiger partial charge in [-0.05, 0) is 50.1 Å². The van der Waals surface area contributed by atoms with E-state index in [-0.39, 0.29) is 0 Å². The molecule has 2 aliphatic carbocycles. The SMILES string of the molecule is CCNC1CC(Oc2ccc(Br)c(C)c2)C12CCCCC2. The Morgan fingerprint density at radius 1 is 1.29 bits per heavy atom. The number of halogens is 1. The van der Waals surface area contributed by atoms with Gasteiger partial charge in [0, 0.05) is 22.4 Å². The number of nitrogens with one attached hydrogen (secondary N) is 1. The van der Waals surface area contributed by atoms with Crippen LogP contribution in [0.1, 0.15) is 51.0 Å². The lowest BCUT2D eigenvalue weighted by Gasteiger charge is -2.57. The first kappa shape index (κ1) is 15.4. The van der Waals surface area contributed by atoms with Crippen LogP contribution < -0.4 is 10.1 Å². The average molecular weight is 352 g/mol. The van der Waals surface area contributed by atoms with Gasteiger partial charge in [0.2, 0.25) is 0 Å². The van der Waals surface area contributed by atoms with E-state index in [4.69, 9.17) is 4.74 Å². The summed E-state index contributed by atoms with van der Waals surface area (Å²) in [5.41, 5.74) is 1.63. The fourth-order valence-electron chi connectivity index (χ4n) is 4.18. The topological polar surface area (TPSA) is 21.3 Å². The summed E-state index contributed by atoms with van der Waals surface area (Å²) in [4.78, 5) is 0. The minimum atomic E-state index is 0.384. The molecule has 21 heavy (non-hydrogen) atoms. The van der Waals surface area contributed by atoms with E-state index in [1.54, 1.807) is 0 Å². The molecule has 1 spiro atoms. The molecule has 3 rings (SSSR count). The minimum Gasteiger partial charge on any atom is -0.490 e. The highest BCUT2D eigenvalue weighted by Gasteiger charge is 2.56. The number of rotatable bonds is 4. The fourth-order valence-corrected chi connectivity index (χ4v) is 4.43. The van der Waals surface area contributed by atoms with Gasteiger partial charge >= 0.3 is 0 Å². The molecule has 0 aliphatic heterocycles. The van der Waals surface area contributed by atoms with Gasteiger partial charge in [-0.25, -0.2) is 0 Å². The first-order chi connectivity index (χ1) is 10.2. The smallest absolute Gasteiger partial charge is 0.120 e. The zero-order valence-corrected chi connectivity index (χ0v) is 14.7. The third-order valence-electron chi connectivity index (χ3n) is 5.43. The van der Waals surface area contributed by atoms with Crippen molar-refractivity contribution in [3.8, 4) is 5.75 Å². The van der Waals surface area contributed by atoms with Crippen LogP contribution in [0, 0.1) is 12.3 Å². The van der Waals surface area contributed by atoms with E-state index in [1.807, 2.05) is 0 Å². The van der Waals surface area contributed by atoms with Gasteiger partial charge in [-0.2, -0.15) is 0 Å². The molecule has 2 nitrogen and oxygen atoms in total. The van der Waals surface area contributed by atoms with Gasteiger partial charge in [-0.3, -0.25) is 0 Å². The Bertz CT molecular complexity index is 496. The summed E-state index contributed by atoms with van der Waals surface area (Å²) in [6.45, 7) is 5.40. The third-order valence-corrected chi connectivity index (χ3v) is 6.32. The summed E-state index contributed by atoms with van der Waals surface area (Å²) in [6, 6.07) is 7.00. The monoisotopic (exact) mass is 351 g/mol. The molecule has 0 heterocycles. The molecule has 0 saturated heterocycles. The van der Waals surface area contributed by atoms with Crippen LogP contribution >= 0.6 is 15.9 Å². The molecule has 2 aliphatic rings. The summed E-state index contributed by atoms with van der Waals surface area (Å²) in [6.07, 6.45) is 8.31. The van der Waals surface area contributed by atoms with Gasteiger partial charge < -0.3 is 10.1 Å². The van der Waals surface area contributed by atoms with Crippen molar-refractivity contribution in [1.29, 1.82) is 0 Å². The van der Waals surface area contributed by atoms with E-state index in [0.29, 0.717) is 17.6 Å². The Hall–Kier alpha value is -0.540. The zero-order valence-electron chi connectivity index (χ0n) is 13.1. The van der Waals surface area contributed by atoms with Crippen molar-refractivity contribution in [3.05, 3.63) is 28.2 Å². The van der Waals surface area contributed by atoms with Gasteiger partial charge in [-0.15, -0.1) is 0 Å². The van der Waals surface area contributed by atoms with Crippen molar-refractivity contribution in [2.24, 2.45) is 5.41 Å². The van der Waals surface area contributed by atoms with Gasteiger partial charge in [0.25, 0.3) is 0 Å². The highest BCUT2D eigenvalue weighted by molar-refractivity contribution is 9.10. The van der Waals surface area contributed by atoms with Crippen LogP contribution in [-0.4, -0.2) is 18.7 Å². The normalized spacial score (nSPS) is 27.4. The maximum atomic E-state index is 6.40. The molecule has 1 aromatic rings. The van der Waals surface area contributed by atoms with Crippen molar-refractivity contribution >= 4 is 15.9 Å². The Kier molecular flexibility index (Phi) is 4.60. The van der Waals surface area contributed by atoms with E-state index in [1.165, 1.54) is 37.7 Å². The number of ether oxygens (including phenoxy) is 1. The van der Waals surface area contributed by atoms with E-state index in [9.17, 15) is 0 Å². The van der Waals surface area contributed by atoms with Crippen LogP contribution in [0.3, 0.4) is 0 Å². The van der Waals surface area contributed by atoms with Crippen molar-refractivity contribution < 1.29 is 4.74 Å². The summed E-state index contributed by atoms with van der Waals surface area (Å²) in [5, 5.41) is 3.69. The molecule has 0 amide bonds. The molecule has 3 heteroatoms. The van der Waals surface area contributed by atoms with E-state index in [0.717, 1.165) is 23.2 Å². The molecule has 2 saturated carbocycles. The highest BCUT2D eigenvalue weighted by atomic mass is 79.9. The molecule has 2 fully saturated rings. The quantitative estimate of drug-likeness (QED) is 0.837. The largest absolute Gasteiger partial charge is 0.490 e. The van der Waals surface area contributed by atoms with Gasteiger partial charge in [0.05, 0.1) is 0 Å². The maximum absolute atomic E-state index is 6.40. The molecular formula is C18H26BrNO. The molecule has 2 atom stereocenters. The van der Waals surface area contributed by atoms with Crippen molar-refractivity contribution in [2.75, 3.05) is 6.54 Å². The van der Waals surface area contributed by atoms with Crippen molar-refractivity contribution in [1.82, 2.24) is 5.32 Å². The lowest BCUT2D eigenvalue weighted by atomic mass is 9.55. The van der Waals surface area contributed by atoms with E-state index < -0.39 is 0 Å². The summed E-state index contributed by atoms with van der Waals surface area (Å²) in [5.74, 6) is 1.03. The Labute approximate surface area is 136 Å². The van der Waals surface area contributed by atoms with Gasteiger partial charge in [0.1, 0.15) is 11.9 Å². The van der Waals surface area contributed by atoms with Gasteiger partial charge in [-0.1, -0.05) is 42.1 Å². The summed E-state index contributed by atoms with van der Waals surface area (Å²) < 4.78 is 7.55. The molecule has 0 aromatic heterocycles. The number of aryl methyl sites for hydroxylation is 1. The Morgan fingerprint density at radius 3 is 2.71 bits per heavy atom. The van der Waals surface area contributed by atoms with Crippen molar-refractivity contribution in [2.45, 2.75) is 64.5 Å². The molecule has 116 valence electrons. The molecule has 0 radical (unpaired) electrons. The number of hydrogen-bond donors (Lipinski definition) is 1. The van der Waals surface area contributed by atoms with Crippen molar-refractivity contribution in [3.63, 3.8) is 0 Å². The van der Waals surface area contributed by atoms with Crippen LogP contribution in [0.5, 0.6) is 5.75 Å². The predicted molar refractivity (Wildman–Crippen MR) is 90.9 cm³/mol.